The van der Waals surface area contributed by atoms with E-state index in [1.165, 1.54) is 5.69 Å². The van der Waals surface area contributed by atoms with E-state index in [2.05, 4.69) is 33.7 Å². The first-order chi connectivity index (χ1) is 13.5. The van der Waals surface area contributed by atoms with E-state index in [1.807, 2.05) is 42.5 Å². The molecule has 5 nitrogen and oxygen atoms in total. The van der Waals surface area contributed by atoms with Gasteiger partial charge in [0.15, 0.2) is 0 Å². The first kappa shape index (κ1) is 18.9. The number of sulfonamides is 1. The lowest BCUT2D eigenvalue weighted by atomic mass is 10.1. The highest BCUT2D eigenvalue weighted by Gasteiger charge is 2.16. The number of likely N-dealkylation sites (N-methyl/N-ethyl adjacent to an activating group) is 1. The fourth-order valence-corrected chi connectivity index (χ4v) is 4.54. The number of anilines is 1. The maximum absolute atomic E-state index is 12.7. The summed E-state index contributed by atoms with van der Waals surface area (Å²) in [6.45, 7) is 4.44. The van der Waals surface area contributed by atoms with Crippen molar-refractivity contribution in [1.82, 2.24) is 9.62 Å². The van der Waals surface area contributed by atoms with Gasteiger partial charge in [-0.15, -0.1) is 0 Å². The summed E-state index contributed by atoms with van der Waals surface area (Å²) in [4.78, 5) is 4.98. The van der Waals surface area contributed by atoms with Crippen molar-refractivity contribution in [3.8, 4) is 0 Å². The number of hydrogen-bond donors (Lipinski definition) is 1. The van der Waals surface area contributed by atoms with Gasteiger partial charge in [0.2, 0.25) is 10.0 Å². The van der Waals surface area contributed by atoms with Gasteiger partial charge in [0.05, 0.1) is 4.90 Å². The lowest BCUT2D eigenvalue weighted by Gasteiger charge is -2.34. The average molecular weight is 396 g/mol. The average Bonchev–Trinajstić information content (AvgIpc) is 2.73. The zero-order valence-electron chi connectivity index (χ0n) is 16.0. The van der Waals surface area contributed by atoms with Crippen molar-refractivity contribution in [2.45, 2.75) is 11.4 Å². The van der Waals surface area contributed by atoms with Gasteiger partial charge in [-0.1, -0.05) is 42.5 Å². The van der Waals surface area contributed by atoms with E-state index in [0.29, 0.717) is 4.90 Å². The summed E-state index contributed by atoms with van der Waals surface area (Å²) in [5.41, 5.74) is 2.14. The van der Waals surface area contributed by atoms with Crippen molar-refractivity contribution in [3.63, 3.8) is 0 Å². The summed E-state index contributed by atoms with van der Waals surface area (Å²) in [6, 6.07) is 21.1. The van der Waals surface area contributed by atoms with Gasteiger partial charge in [-0.2, -0.15) is 0 Å². The molecule has 0 radical (unpaired) electrons. The minimum Gasteiger partial charge on any atom is -0.369 e. The number of rotatable bonds is 5. The van der Waals surface area contributed by atoms with Crippen molar-refractivity contribution in [2.24, 2.45) is 0 Å². The molecule has 0 aliphatic carbocycles. The topological polar surface area (TPSA) is 52.6 Å². The van der Waals surface area contributed by atoms with Gasteiger partial charge in [-0.3, -0.25) is 0 Å². The second-order valence-corrected chi connectivity index (χ2v) is 9.06. The van der Waals surface area contributed by atoms with E-state index in [9.17, 15) is 8.42 Å². The predicted octanol–water partition coefficient (Wildman–Crippen LogP) is 3.07. The first-order valence-electron chi connectivity index (χ1n) is 9.52. The molecule has 0 spiro atoms. The molecule has 3 aromatic carbocycles. The van der Waals surface area contributed by atoms with Crippen LogP contribution in [0.3, 0.4) is 0 Å². The number of hydrogen-bond acceptors (Lipinski definition) is 4. The van der Waals surface area contributed by atoms with E-state index in [-0.39, 0.29) is 6.54 Å². The van der Waals surface area contributed by atoms with Crippen LogP contribution in [-0.2, 0) is 16.6 Å². The molecule has 28 heavy (non-hydrogen) atoms. The molecule has 0 unspecified atom stereocenters. The Morgan fingerprint density at radius 1 is 0.857 bits per heavy atom. The predicted molar refractivity (Wildman–Crippen MR) is 114 cm³/mol. The Morgan fingerprint density at radius 2 is 1.54 bits per heavy atom. The number of fused-ring (bicyclic) bond motifs is 1. The highest BCUT2D eigenvalue weighted by Crippen LogP contribution is 2.20. The van der Waals surface area contributed by atoms with Crippen LogP contribution in [0.4, 0.5) is 5.69 Å². The van der Waals surface area contributed by atoms with E-state index in [0.717, 1.165) is 42.5 Å². The third-order valence-corrected chi connectivity index (χ3v) is 6.70. The monoisotopic (exact) mass is 395 g/mol. The van der Waals surface area contributed by atoms with Crippen molar-refractivity contribution in [2.75, 3.05) is 38.1 Å². The number of benzene rings is 3. The van der Waals surface area contributed by atoms with Gasteiger partial charge in [0.1, 0.15) is 0 Å². The van der Waals surface area contributed by atoms with E-state index < -0.39 is 10.0 Å². The van der Waals surface area contributed by atoms with Crippen molar-refractivity contribution < 1.29 is 8.42 Å². The SMILES string of the molecule is CN1CCN(c2ccc(CNS(=O)(=O)c3ccc4ccccc4c3)cc2)CC1. The fourth-order valence-electron chi connectivity index (χ4n) is 3.49. The molecule has 0 amide bonds. The quantitative estimate of drug-likeness (QED) is 0.721. The third-order valence-electron chi connectivity index (χ3n) is 5.30. The molecular weight excluding hydrogens is 370 g/mol. The molecule has 1 saturated heterocycles. The Morgan fingerprint density at radius 3 is 2.25 bits per heavy atom. The van der Waals surface area contributed by atoms with E-state index in [1.54, 1.807) is 12.1 Å². The minimum atomic E-state index is -3.55. The molecule has 146 valence electrons. The smallest absolute Gasteiger partial charge is 0.240 e. The summed E-state index contributed by atoms with van der Waals surface area (Å²) in [6.07, 6.45) is 0. The molecule has 1 fully saturated rings. The number of nitrogens with zero attached hydrogens (tertiary/aromatic N) is 2. The highest BCUT2D eigenvalue weighted by molar-refractivity contribution is 7.89. The Balaban J connectivity index is 1.42. The van der Waals surface area contributed by atoms with Gasteiger partial charge in [-0.05, 0) is 47.6 Å². The molecule has 1 heterocycles. The Labute approximate surface area is 166 Å². The van der Waals surface area contributed by atoms with Crippen LogP contribution in [0, 0.1) is 0 Å². The van der Waals surface area contributed by atoms with Crippen molar-refractivity contribution in [3.05, 3.63) is 72.3 Å². The maximum Gasteiger partial charge on any atom is 0.240 e. The Bertz CT molecular complexity index is 1060. The molecular formula is C22H25N3O2S. The van der Waals surface area contributed by atoms with E-state index in [4.69, 9.17) is 0 Å². The number of piperazine rings is 1. The van der Waals surface area contributed by atoms with Crippen LogP contribution in [0.1, 0.15) is 5.56 Å². The highest BCUT2D eigenvalue weighted by atomic mass is 32.2. The van der Waals surface area contributed by atoms with Crippen molar-refractivity contribution >= 4 is 26.5 Å². The number of nitrogens with one attached hydrogen (secondary N) is 1. The molecule has 6 heteroatoms. The van der Waals surface area contributed by atoms with Crippen LogP contribution in [0.25, 0.3) is 10.8 Å². The second kappa shape index (κ2) is 7.91. The maximum atomic E-state index is 12.7. The summed E-state index contributed by atoms with van der Waals surface area (Å²) >= 11 is 0. The fraction of sp³-hybridized carbons (Fsp3) is 0.273. The third kappa shape index (κ3) is 4.19. The first-order valence-corrected chi connectivity index (χ1v) is 11.0. The molecule has 1 aliphatic heterocycles. The second-order valence-electron chi connectivity index (χ2n) is 7.29. The molecule has 4 rings (SSSR count). The summed E-state index contributed by atoms with van der Waals surface area (Å²) < 4.78 is 28.1. The lowest BCUT2D eigenvalue weighted by molar-refractivity contribution is 0.313. The minimum absolute atomic E-state index is 0.276. The summed E-state index contributed by atoms with van der Waals surface area (Å²) in [5.74, 6) is 0. The molecule has 0 bridgehead atoms. The summed E-state index contributed by atoms with van der Waals surface area (Å²) in [5, 5.41) is 1.95. The van der Waals surface area contributed by atoms with Gasteiger partial charge in [0, 0.05) is 38.4 Å². The Kier molecular flexibility index (Phi) is 5.35. The largest absolute Gasteiger partial charge is 0.369 e. The van der Waals surface area contributed by atoms with Crippen LogP contribution in [0.15, 0.2) is 71.6 Å². The molecule has 0 atom stereocenters. The van der Waals surface area contributed by atoms with Gasteiger partial charge < -0.3 is 9.80 Å². The van der Waals surface area contributed by atoms with Gasteiger partial charge in [0.25, 0.3) is 0 Å². The van der Waals surface area contributed by atoms with Crippen LogP contribution in [-0.4, -0.2) is 46.5 Å². The van der Waals surface area contributed by atoms with Crippen LogP contribution >= 0.6 is 0 Å². The summed E-state index contributed by atoms with van der Waals surface area (Å²) in [7, 11) is -1.41. The molecule has 0 saturated carbocycles. The lowest BCUT2D eigenvalue weighted by Crippen LogP contribution is -2.44. The zero-order valence-corrected chi connectivity index (χ0v) is 16.8. The van der Waals surface area contributed by atoms with Crippen LogP contribution in [0.2, 0.25) is 0 Å². The standard InChI is InChI=1S/C22H25N3O2S/c1-24-12-14-25(15-13-24)21-9-6-18(7-10-21)17-23-28(26,27)22-11-8-19-4-2-3-5-20(19)16-22/h2-11,16,23H,12-15,17H2,1H3. The molecule has 1 N–H and O–H groups in total. The normalized spacial score (nSPS) is 15.8. The molecule has 3 aromatic rings. The zero-order chi connectivity index (χ0) is 19.6. The van der Waals surface area contributed by atoms with Crippen molar-refractivity contribution in [1.29, 1.82) is 0 Å². The van der Waals surface area contributed by atoms with Gasteiger partial charge >= 0.3 is 0 Å². The van der Waals surface area contributed by atoms with Crippen LogP contribution < -0.4 is 9.62 Å². The Hall–Kier alpha value is -2.41. The van der Waals surface area contributed by atoms with Crippen LogP contribution in [0.5, 0.6) is 0 Å². The van der Waals surface area contributed by atoms with E-state index >= 15 is 0 Å². The van der Waals surface area contributed by atoms with Gasteiger partial charge in [-0.25, -0.2) is 13.1 Å². The molecule has 1 aliphatic rings. The molecule has 0 aromatic heterocycles.